The van der Waals surface area contributed by atoms with Crippen molar-refractivity contribution in [2.45, 2.75) is 11.8 Å². The van der Waals surface area contributed by atoms with E-state index < -0.39 is 21.9 Å². The second-order valence-corrected chi connectivity index (χ2v) is 8.94. The Hall–Kier alpha value is -3.57. The maximum absolute atomic E-state index is 12.8. The Morgan fingerprint density at radius 2 is 1.85 bits per heavy atom. The molecule has 3 rings (SSSR count). The molecule has 33 heavy (non-hydrogen) atoms. The Labute approximate surface area is 191 Å². The average molecular weight is 476 g/mol. The summed E-state index contributed by atoms with van der Waals surface area (Å²) in [4.78, 5) is 26.0. The van der Waals surface area contributed by atoms with Crippen LogP contribution < -0.4 is 14.8 Å². The van der Waals surface area contributed by atoms with Crippen LogP contribution in [0, 0.1) is 6.92 Å². The lowest BCUT2D eigenvalue weighted by atomic mass is 10.2. The Kier molecular flexibility index (Phi) is 7.24. The van der Waals surface area contributed by atoms with Crippen molar-refractivity contribution in [1.29, 1.82) is 0 Å². The Morgan fingerprint density at radius 3 is 2.45 bits per heavy atom. The van der Waals surface area contributed by atoms with Crippen molar-refractivity contribution in [2.75, 3.05) is 44.0 Å². The number of aryl methyl sites for hydroxylation is 1. The van der Waals surface area contributed by atoms with Gasteiger partial charge in [0.2, 0.25) is 0 Å². The number of benzene rings is 2. The van der Waals surface area contributed by atoms with Gasteiger partial charge >= 0.3 is 5.97 Å². The molecule has 1 aliphatic heterocycles. The molecular weight excluding hydrogens is 450 g/mol. The molecule has 0 radical (unpaired) electrons. The maximum Gasteiger partial charge on any atom is 0.337 e. The molecule has 0 saturated carbocycles. The number of esters is 1. The van der Waals surface area contributed by atoms with Crippen LogP contribution in [0.25, 0.3) is 0 Å². The standard InChI is InChI=1S/C22H25N3O7S/c1-14-4-9-19(31-2)18(12-14)24-33(29,30)16-7-5-15(6-8-16)23-20-17(22(28)32-3)13-25(10-11-26)21(20)27/h4-9,12,23-24,26H,10-11,13H2,1-3H3. The number of aliphatic hydroxyl groups excluding tert-OH is 1. The zero-order valence-electron chi connectivity index (χ0n) is 18.4. The van der Waals surface area contributed by atoms with Crippen molar-refractivity contribution in [1.82, 2.24) is 4.90 Å². The fraction of sp³-hybridized carbons (Fsp3) is 0.273. The highest BCUT2D eigenvalue weighted by atomic mass is 32.2. The first kappa shape index (κ1) is 24.1. The number of β-amino-alcohol motifs (C(OH)–C–C–N with tert-alkyl or cyclic N) is 1. The SMILES string of the molecule is COC(=O)C1=C(Nc2ccc(S(=O)(=O)Nc3cc(C)ccc3OC)cc2)C(=O)N(CCO)C1. The van der Waals surface area contributed by atoms with Crippen molar-refractivity contribution < 1.29 is 32.6 Å². The van der Waals surface area contributed by atoms with E-state index in [0.29, 0.717) is 17.1 Å². The third-order valence-electron chi connectivity index (χ3n) is 4.99. The van der Waals surface area contributed by atoms with Crippen molar-refractivity contribution in [2.24, 2.45) is 0 Å². The topological polar surface area (TPSA) is 134 Å². The van der Waals surface area contributed by atoms with Crippen molar-refractivity contribution in [3.63, 3.8) is 0 Å². The molecule has 1 amide bonds. The van der Waals surface area contributed by atoms with Gasteiger partial charge in [-0.25, -0.2) is 13.2 Å². The number of hydrogen-bond donors (Lipinski definition) is 3. The summed E-state index contributed by atoms with van der Waals surface area (Å²) in [5.41, 5.74) is 1.72. The largest absolute Gasteiger partial charge is 0.495 e. The van der Waals surface area contributed by atoms with E-state index >= 15 is 0 Å². The monoisotopic (exact) mass is 475 g/mol. The fourth-order valence-corrected chi connectivity index (χ4v) is 4.38. The molecule has 2 aromatic rings. The number of carbonyl (C=O) groups excluding carboxylic acids is 2. The number of sulfonamides is 1. The Balaban J connectivity index is 1.83. The summed E-state index contributed by atoms with van der Waals surface area (Å²) in [7, 11) is -1.25. The number of ether oxygens (including phenoxy) is 2. The normalized spacial score (nSPS) is 13.8. The molecule has 2 aromatic carbocycles. The second kappa shape index (κ2) is 9.92. The van der Waals surface area contributed by atoms with Gasteiger partial charge in [-0.2, -0.15) is 0 Å². The zero-order chi connectivity index (χ0) is 24.2. The van der Waals surface area contributed by atoms with Crippen LogP contribution in [0.4, 0.5) is 11.4 Å². The molecule has 0 bridgehead atoms. The van der Waals surface area contributed by atoms with E-state index in [4.69, 9.17) is 14.6 Å². The maximum atomic E-state index is 12.8. The Bertz CT molecular complexity index is 1190. The van der Waals surface area contributed by atoms with Crippen LogP contribution >= 0.6 is 0 Å². The van der Waals surface area contributed by atoms with E-state index in [1.54, 1.807) is 18.2 Å². The number of nitrogens with zero attached hydrogens (tertiary/aromatic N) is 1. The van der Waals surface area contributed by atoms with Gasteiger partial charge in [0.05, 0.1) is 43.5 Å². The summed E-state index contributed by atoms with van der Waals surface area (Å²) >= 11 is 0. The van der Waals surface area contributed by atoms with Gasteiger partial charge < -0.3 is 24.8 Å². The number of hydrogen-bond acceptors (Lipinski definition) is 8. The summed E-state index contributed by atoms with van der Waals surface area (Å²) in [6.07, 6.45) is 0. The van der Waals surface area contributed by atoms with Gasteiger partial charge in [-0.1, -0.05) is 6.07 Å². The van der Waals surface area contributed by atoms with Gasteiger partial charge in [-0.3, -0.25) is 9.52 Å². The van der Waals surface area contributed by atoms with Gasteiger partial charge in [0.1, 0.15) is 11.4 Å². The van der Waals surface area contributed by atoms with Crippen LogP contribution in [0.15, 0.2) is 58.6 Å². The smallest absolute Gasteiger partial charge is 0.337 e. The lowest BCUT2D eigenvalue weighted by Crippen LogP contribution is -2.31. The molecule has 0 aliphatic carbocycles. The highest BCUT2D eigenvalue weighted by Gasteiger charge is 2.34. The molecular formula is C22H25N3O7S. The minimum absolute atomic E-state index is 0.00145. The molecule has 0 spiro atoms. The average Bonchev–Trinajstić information content (AvgIpc) is 3.09. The molecule has 0 atom stereocenters. The first-order chi connectivity index (χ1) is 15.7. The van der Waals surface area contributed by atoms with Gasteiger partial charge in [0.25, 0.3) is 15.9 Å². The molecule has 11 heteroatoms. The number of amides is 1. The minimum atomic E-state index is -3.91. The van der Waals surface area contributed by atoms with Crippen molar-refractivity contribution in [3.05, 3.63) is 59.3 Å². The third kappa shape index (κ3) is 5.26. The molecule has 0 unspecified atom stereocenters. The molecule has 0 saturated heterocycles. The van der Waals surface area contributed by atoms with Gasteiger partial charge in [-0.05, 0) is 48.9 Å². The molecule has 1 aliphatic rings. The fourth-order valence-electron chi connectivity index (χ4n) is 3.32. The lowest BCUT2D eigenvalue weighted by Gasteiger charge is -2.15. The van der Waals surface area contributed by atoms with Crippen LogP contribution in [0.5, 0.6) is 5.75 Å². The van der Waals surface area contributed by atoms with Gasteiger partial charge in [-0.15, -0.1) is 0 Å². The number of anilines is 2. The van der Waals surface area contributed by atoms with Gasteiger partial charge in [0, 0.05) is 12.2 Å². The molecule has 10 nitrogen and oxygen atoms in total. The summed E-state index contributed by atoms with van der Waals surface area (Å²) in [6.45, 7) is 1.65. The van der Waals surface area contributed by atoms with E-state index in [2.05, 4.69) is 10.0 Å². The summed E-state index contributed by atoms with van der Waals surface area (Å²) < 4.78 is 38.2. The van der Waals surface area contributed by atoms with E-state index in [0.717, 1.165) is 5.56 Å². The number of rotatable bonds is 9. The summed E-state index contributed by atoms with van der Waals surface area (Å²) in [5.74, 6) is -0.743. The van der Waals surface area contributed by atoms with E-state index in [9.17, 15) is 18.0 Å². The highest BCUT2D eigenvalue weighted by Crippen LogP contribution is 2.29. The molecule has 176 valence electrons. The van der Waals surface area contributed by atoms with Crippen molar-refractivity contribution >= 4 is 33.3 Å². The van der Waals surface area contributed by atoms with Crippen LogP contribution in [-0.2, 0) is 24.3 Å². The molecule has 1 heterocycles. The Morgan fingerprint density at radius 1 is 1.15 bits per heavy atom. The van der Waals surface area contributed by atoms with Crippen LogP contribution in [-0.4, -0.2) is 64.2 Å². The second-order valence-electron chi connectivity index (χ2n) is 7.25. The minimum Gasteiger partial charge on any atom is -0.495 e. The zero-order valence-corrected chi connectivity index (χ0v) is 19.2. The predicted molar refractivity (Wildman–Crippen MR) is 121 cm³/mol. The first-order valence-electron chi connectivity index (χ1n) is 9.96. The molecule has 0 aromatic heterocycles. The highest BCUT2D eigenvalue weighted by molar-refractivity contribution is 7.92. The predicted octanol–water partition coefficient (Wildman–Crippen LogP) is 1.48. The molecule has 0 fully saturated rings. The van der Waals surface area contributed by atoms with Crippen LogP contribution in [0.2, 0.25) is 0 Å². The van der Waals surface area contributed by atoms with Crippen LogP contribution in [0.3, 0.4) is 0 Å². The van der Waals surface area contributed by atoms with E-state index in [1.165, 1.54) is 43.4 Å². The molecule has 3 N–H and O–H groups in total. The van der Waals surface area contributed by atoms with Crippen LogP contribution in [0.1, 0.15) is 5.56 Å². The lowest BCUT2D eigenvalue weighted by molar-refractivity contribution is -0.136. The number of carbonyl (C=O) groups is 2. The first-order valence-corrected chi connectivity index (χ1v) is 11.4. The van der Waals surface area contributed by atoms with Gasteiger partial charge in [0.15, 0.2) is 0 Å². The van der Waals surface area contributed by atoms with Crippen molar-refractivity contribution in [3.8, 4) is 5.75 Å². The third-order valence-corrected chi connectivity index (χ3v) is 6.37. The quantitative estimate of drug-likeness (QED) is 0.464. The van der Waals surface area contributed by atoms with E-state index in [1.807, 2.05) is 6.92 Å². The van der Waals surface area contributed by atoms with E-state index in [-0.39, 0.29) is 35.9 Å². The number of nitrogens with one attached hydrogen (secondary N) is 2. The summed E-state index contributed by atoms with van der Waals surface area (Å²) in [5, 5.41) is 12.0. The number of aliphatic hydroxyl groups is 1. The summed E-state index contributed by atoms with van der Waals surface area (Å²) in [6, 6.07) is 10.8. The number of methoxy groups -OCH3 is 2.